The van der Waals surface area contributed by atoms with Gasteiger partial charge in [0.25, 0.3) is 11.8 Å². The first-order chi connectivity index (χ1) is 23.5. The predicted molar refractivity (Wildman–Crippen MR) is 187 cm³/mol. The molecule has 2 atom stereocenters. The van der Waals surface area contributed by atoms with Crippen LogP contribution in [0.25, 0.3) is 0 Å². The SMILES string of the molecule is CC(C)[C@@H]1NC(=O)c2csc(n2)[C@H](Cc2ccccc2)NC(=O)CN(C(=O)C2CCN(C(=O)N(C)C)CC2)CCCNC(=O)c2csc1n2. The lowest BCUT2D eigenvalue weighted by molar-refractivity contribution is -0.140. The summed E-state index contributed by atoms with van der Waals surface area (Å²) < 4.78 is 0. The van der Waals surface area contributed by atoms with Gasteiger partial charge in [-0.3, -0.25) is 19.2 Å². The maximum absolute atomic E-state index is 13.9. The normalized spacial score (nSPS) is 20.1. The molecule has 1 saturated heterocycles. The van der Waals surface area contributed by atoms with Gasteiger partial charge in [-0.1, -0.05) is 44.2 Å². The Morgan fingerprint density at radius 3 is 2.22 bits per heavy atom. The Kier molecular flexibility index (Phi) is 12.0. The first-order valence-electron chi connectivity index (χ1n) is 16.6. The van der Waals surface area contributed by atoms with Gasteiger partial charge in [0.2, 0.25) is 11.8 Å². The summed E-state index contributed by atoms with van der Waals surface area (Å²) in [6.07, 6.45) is 1.86. The number of hydrogen-bond donors (Lipinski definition) is 3. The zero-order valence-corrected chi connectivity index (χ0v) is 29.9. The predicted octanol–water partition coefficient (Wildman–Crippen LogP) is 3.48. The molecule has 13 nitrogen and oxygen atoms in total. The van der Waals surface area contributed by atoms with Crippen LogP contribution < -0.4 is 16.0 Å². The van der Waals surface area contributed by atoms with Crippen LogP contribution in [-0.4, -0.2) is 101 Å². The summed E-state index contributed by atoms with van der Waals surface area (Å²) in [6, 6.07) is 8.64. The monoisotopic (exact) mass is 708 g/mol. The minimum absolute atomic E-state index is 0.00688. The van der Waals surface area contributed by atoms with Gasteiger partial charge in [-0.2, -0.15) is 0 Å². The second kappa shape index (κ2) is 16.4. The molecular weight excluding hydrogens is 665 g/mol. The highest BCUT2D eigenvalue weighted by Gasteiger charge is 2.32. The number of nitrogens with one attached hydrogen (secondary N) is 3. The number of rotatable bonds is 4. The summed E-state index contributed by atoms with van der Waals surface area (Å²) in [5, 5.41) is 13.5. The number of amides is 6. The molecule has 2 aliphatic heterocycles. The Balaban J connectivity index is 1.41. The van der Waals surface area contributed by atoms with Gasteiger partial charge in [0.1, 0.15) is 21.4 Å². The maximum atomic E-state index is 13.9. The van der Waals surface area contributed by atoms with Crippen LogP contribution in [0.4, 0.5) is 4.79 Å². The Hall–Kier alpha value is -4.37. The number of nitrogens with zero attached hydrogens (tertiary/aromatic N) is 5. The van der Waals surface area contributed by atoms with Crippen molar-refractivity contribution < 1.29 is 24.0 Å². The number of fused-ring (bicyclic) bond motifs is 4. The van der Waals surface area contributed by atoms with Crippen LogP contribution in [0, 0.1) is 11.8 Å². The zero-order chi connectivity index (χ0) is 35.1. The number of hydrogen-bond acceptors (Lipinski definition) is 9. The lowest BCUT2D eigenvalue weighted by Crippen LogP contribution is -2.49. The van der Waals surface area contributed by atoms with Crippen LogP contribution in [0.2, 0.25) is 0 Å². The summed E-state index contributed by atoms with van der Waals surface area (Å²) in [5.41, 5.74) is 1.46. The molecule has 6 amide bonds. The highest BCUT2D eigenvalue weighted by Crippen LogP contribution is 2.28. The number of carbonyl (C=O) groups is 5. The summed E-state index contributed by atoms with van der Waals surface area (Å²) in [4.78, 5) is 80.5. The summed E-state index contributed by atoms with van der Waals surface area (Å²) in [5.74, 6) is -1.57. The van der Waals surface area contributed by atoms with Gasteiger partial charge in [-0.25, -0.2) is 14.8 Å². The fourth-order valence-electron chi connectivity index (χ4n) is 5.97. The third-order valence-corrected chi connectivity index (χ3v) is 10.6. The number of benzene rings is 1. The molecule has 0 spiro atoms. The van der Waals surface area contributed by atoms with Crippen LogP contribution in [0.5, 0.6) is 0 Å². The molecule has 1 fully saturated rings. The number of aromatic nitrogens is 2. The van der Waals surface area contributed by atoms with Crippen molar-refractivity contribution in [2.75, 3.05) is 46.8 Å². The van der Waals surface area contributed by atoms with Gasteiger partial charge in [0.05, 0.1) is 18.6 Å². The van der Waals surface area contributed by atoms with Gasteiger partial charge in [0, 0.05) is 57.0 Å². The second-order valence-electron chi connectivity index (χ2n) is 13.0. The number of thiazole rings is 2. The molecule has 0 saturated carbocycles. The summed E-state index contributed by atoms with van der Waals surface area (Å²) in [7, 11) is 3.41. The van der Waals surface area contributed by atoms with E-state index in [1.807, 2.05) is 44.2 Å². The fourth-order valence-corrected chi connectivity index (χ4v) is 7.84. The zero-order valence-electron chi connectivity index (χ0n) is 28.3. The van der Waals surface area contributed by atoms with Gasteiger partial charge >= 0.3 is 6.03 Å². The molecule has 3 N–H and O–H groups in total. The molecule has 0 aliphatic carbocycles. The Labute approximate surface area is 294 Å². The molecule has 4 heterocycles. The van der Waals surface area contributed by atoms with Crippen molar-refractivity contribution >= 4 is 52.3 Å². The standard InChI is InChI=1S/C34H44N8O5S2/c1-21(2)28-32-38-25(19-49-32)29(44)35-13-8-14-42(33(46)23-11-15-41(16-12-23)34(47)40(3)4)18-27(43)36-24(17-22-9-6-5-7-10-22)31-37-26(20-48-31)30(45)39-28/h5-7,9-10,19-21,23-24,28H,8,11-18H2,1-4H3,(H,35,44)(H,36,43)(H,39,45)/t24-,28-/m0/s1. The van der Waals surface area contributed by atoms with E-state index in [-0.39, 0.29) is 72.5 Å². The highest BCUT2D eigenvalue weighted by molar-refractivity contribution is 7.10. The van der Waals surface area contributed by atoms with Crippen molar-refractivity contribution in [2.45, 2.75) is 51.6 Å². The number of urea groups is 1. The number of likely N-dealkylation sites (tertiary alicyclic amines) is 1. The molecule has 0 radical (unpaired) electrons. The van der Waals surface area contributed by atoms with Crippen molar-refractivity contribution in [3.8, 4) is 0 Å². The van der Waals surface area contributed by atoms with E-state index in [0.29, 0.717) is 48.8 Å². The summed E-state index contributed by atoms with van der Waals surface area (Å²) in [6.45, 7) is 5.20. The van der Waals surface area contributed by atoms with Crippen molar-refractivity contribution in [3.05, 3.63) is 68.1 Å². The van der Waals surface area contributed by atoms with Gasteiger partial charge in [-0.15, -0.1) is 22.7 Å². The first-order valence-corrected chi connectivity index (χ1v) is 18.3. The van der Waals surface area contributed by atoms with Crippen LogP contribution in [0.3, 0.4) is 0 Å². The molecule has 262 valence electrons. The smallest absolute Gasteiger partial charge is 0.319 e. The number of piperidine rings is 1. The number of carbonyl (C=O) groups excluding carboxylic acids is 5. The molecule has 2 aliphatic rings. The van der Waals surface area contributed by atoms with Crippen LogP contribution in [0.15, 0.2) is 41.1 Å². The largest absolute Gasteiger partial charge is 0.351 e. The van der Waals surface area contributed by atoms with Gasteiger partial charge < -0.3 is 30.7 Å². The quantitative estimate of drug-likeness (QED) is 0.375. The second-order valence-corrected chi connectivity index (χ2v) is 14.7. The minimum atomic E-state index is -0.539. The topological polar surface area (TPSA) is 157 Å². The molecule has 49 heavy (non-hydrogen) atoms. The van der Waals surface area contributed by atoms with E-state index in [1.54, 1.807) is 34.7 Å². The van der Waals surface area contributed by atoms with Gasteiger partial charge in [-0.05, 0) is 37.2 Å². The highest BCUT2D eigenvalue weighted by atomic mass is 32.1. The van der Waals surface area contributed by atoms with E-state index < -0.39 is 12.1 Å². The molecule has 3 aromatic rings. The average Bonchev–Trinajstić information content (AvgIpc) is 3.79. The molecule has 4 bridgehead atoms. The van der Waals surface area contributed by atoms with E-state index in [1.165, 1.54) is 27.6 Å². The van der Waals surface area contributed by atoms with Crippen molar-refractivity contribution in [2.24, 2.45) is 11.8 Å². The molecule has 2 aromatic heterocycles. The average molecular weight is 709 g/mol. The minimum Gasteiger partial charge on any atom is -0.351 e. The van der Waals surface area contributed by atoms with Crippen LogP contribution >= 0.6 is 22.7 Å². The molecule has 1 aromatic carbocycles. The van der Waals surface area contributed by atoms with Crippen LogP contribution in [0.1, 0.15) is 81.7 Å². The van der Waals surface area contributed by atoms with Crippen molar-refractivity contribution in [3.63, 3.8) is 0 Å². The maximum Gasteiger partial charge on any atom is 0.319 e. The Bertz CT molecular complexity index is 1630. The first kappa shape index (κ1) is 35.9. The summed E-state index contributed by atoms with van der Waals surface area (Å²) >= 11 is 2.60. The lowest BCUT2D eigenvalue weighted by atomic mass is 9.95. The van der Waals surface area contributed by atoms with Gasteiger partial charge in [0.15, 0.2) is 0 Å². The van der Waals surface area contributed by atoms with Crippen molar-refractivity contribution in [1.29, 1.82) is 0 Å². The third kappa shape index (κ3) is 9.21. The Morgan fingerprint density at radius 1 is 0.898 bits per heavy atom. The van der Waals surface area contributed by atoms with Crippen molar-refractivity contribution in [1.82, 2.24) is 40.6 Å². The molecular formula is C34H44N8O5S2. The van der Waals surface area contributed by atoms with E-state index in [9.17, 15) is 24.0 Å². The lowest BCUT2D eigenvalue weighted by Gasteiger charge is -2.35. The van der Waals surface area contributed by atoms with E-state index in [4.69, 9.17) is 0 Å². The fraction of sp³-hybridized carbons (Fsp3) is 0.500. The van der Waals surface area contributed by atoms with E-state index in [2.05, 4.69) is 25.9 Å². The third-order valence-electron chi connectivity index (χ3n) is 8.68. The molecule has 5 rings (SSSR count). The van der Waals surface area contributed by atoms with Crippen LogP contribution in [-0.2, 0) is 16.0 Å². The Morgan fingerprint density at radius 2 is 1.55 bits per heavy atom. The molecule has 0 unspecified atom stereocenters. The molecule has 15 heteroatoms. The van der Waals surface area contributed by atoms with E-state index >= 15 is 0 Å². The van der Waals surface area contributed by atoms with E-state index in [0.717, 1.165) is 5.56 Å².